The molecule has 29 heavy (non-hydrogen) atoms. The predicted molar refractivity (Wildman–Crippen MR) is 105 cm³/mol. The topological polar surface area (TPSA) is 80.0 Å². The minimum atomic E-state index is -4.40. The van der Waals surface area contributed by atoms with Gasteiger partial charge in [0.25, 0.3) is 0 Å². The molecule has 0 amide bonds. The van der Waals surface area contributed by atoms with Gasteiger partial charge in [-0.25, -0.2) is 19.9 Å². The molecule has 0 radical (unpaired) electrons. The number of thiazole rings is 1. The van der Waals surface area contributed by atoms with Crippen LogP contribution in [-0.2, 0) is 19.1 Å². The number of nitrogens with one attached hydrogen (secondary N) is 2. The number of rotatable bonds is 7. The fourth-order valence-corrected chi connectivity index (χ4v) is 3.26. The monoisotopic (exact) mass is 423 g/mol. The Morgan fingerprint density at radius 1 is 1.28 bits per heavy atom. The van der Waals surface area contributed by atoms with Crippen LogP contribution in [0.5, 0.6) is 0 Å². The summed E-state index contributed by atoms with van der Waals surface area (Å²) in [7, 11) is 0. The van der Waals surface area contributed by atoms with Crippen molar-refractivity contribution in [2.24, 2.45) is 4.99 Å². The second-order valence-corrected chi connectivity index (χ2v) is 6.93. The minimum Gasteiger partial charge on any atom is -0.357 e. The summed E-state index contributed by atoms with van der Waals surface area (Å²) in [4.78, 5) is 16.5. The van der Waals surface area contributed by atoms with Gasteiger partial charge in [-0.2, -0.15) is 13.2 Å². The fraction of sp³-hybridized carbons (Fsp3) is 0.333. The maximum atomic E-state index is 12.6. The molecule has 2 N–H and O–H groups in total. The lowest BCUT2D eigenvalue weighted by molar-refractivity contribution is -0.140. The summed E-state index contributed by atoms with van der Waals surface area (Å²) >= 11 is 1.01. The van der Waals surface area contributed by atoms with Gasteiger partial charge in [0.1, 0.15) is 12.1 Å². The fourth-order valence-electron chi connectivity index (χ4n) is 2.45. The van der Waals surface area contributed by atoms with Crippen molar-refractivity contribution in [3.63, 3.8) is 0 Å². The van der Waals surface area contributed by atoms with E-state index in [-0.39, 0.29) is 0 Å². The summed E-state index contributed by atoms with van der Waals surface area (Å²) in [6.07, 6.45) is 2.85. The van der Waals surface area contributed by atoms with Crippen molar-refractivity contribution in [2.75, 3.05) is 13.1 Å². The average molecular weight is 423 g/mol. The van der Waals surface area contributed by atoms with Crippen LogP contribution in [0.4, 0.5) is 13.2 Å². The number of guanidine groups is 1. The van der Waals surface area contributed by atoms with Crippen LogP contribution >= 0.6 is 11.3 Å². The first-order valence-electron chi connectivity index (χ1n) is 8.92. The first-order valence-corrected chi connectivity index (χ1v) is 9.80. The number of alkyl halides is 3. The molecule has 0 aliphatic heterocycles. The van der Waals surface area contributed by atoms with Crippen molar-refractivity contribution in [3.8, 4) is 5.82 Å². The van der Waals surface area contributed by atoms with Crippen molar-refractivity contribution in [1.29, 1.82) is 0 Å². The van der Waals surface area contributed by atoms with Crippen LogP contribution in [0.3, 0.4) is 0 Å². The maximum Gasteiger partial charge on any atom is 0.434 e. The van der Waals surface area contributed by atoms with E-state index in [1.165, 1.54) is 0 Å². The number of halogens is 3. The summed E-state index contributed by atoms with van der Waals surface area (Å²) in [5.74, 6) is 1.33. The van der Waals surface area contributed by atoms with Gasteiger partial charge in [0.15, 0.2) is 11.7 Å². The van der Waals surface area contributed by atoms with Crippen molar-refractivity contribution in [2.45, 2.75) is 26.1 Å². The second kappa shape index (κ2) is 9.50. The zero-order valence-corrected chi connectivity index (χ0v) is 16.5. The Morgan fingerprint density at radius 3 is 2.83 bits per heavy atom. The third-order valence-electron chi connectivity index (χ3n) is 3.82. The normalized spacial score (nSPS) is 12.2. The number of pyridine rings is 1. The zero-order valence-electron chi connectivity index (χ0n) is 15.6. The standard InChI is InChI=1S/C18H20F3N7S/c1-2-23-17(25-6-4-16-27-14(11-29-16)18(19,20)21)26-10-13-3-5-24-15(9-13)28-8-7-22-12-28/h3,5,7-9,11-12H,2,4,6,10H2,1H3,(H2,23,25,26). The van der Waals surface area contributed by atoms with Crippen LogP contribution in [0.25, 0.3) is 5.82 Å². The number of aliphatic imine (C=N–C) groups is 1. The van der Waals surface area contributed by atoms with Gasteiger partial charge < -0.3 is 10.6 Å². The highest BCUT2D eigenvalue weighted by Crippen LogP contribution is 2.29. The molecule has 0 saturated heterocycles. The van der Waals surface area contributed by atoms with Crippen molar-refractivity contribution in [1.82, 2.24) is 30.2 Å². The number of hydrogen-bond donors (Lipinski definition) is 2. The van der Waals surface area contributed by atoms with Gasteiger partial charge in [-0.05, 0) is 24.6 Å². The van der Waals surface area contributed by atoms with Gasteiger partial charge in [0.2, 0.25) is 0 Å². The van der Waals surface area contributed by atoms with Gasteiger partial charge in [0.05, 0.1) is 11.6 Å². The first-order chi connectivity index (χ1) is 14.0. The highest BCUT2D eigenvalue weighted by atomic mass is 32.1. The summed E-state index contributed by atoms with van der Waals surface area (Å²) in [5.41, 5.74) is 0.125. The Morgan fingerprint density at radius 2 is 2.14 bits per heavy atom. The lowest BCUT2D eigenvalue weighted by atomic mass is 10.2. The molecular formula is C18H20F3N7S. The molecule has 3 rings (SSSR count). The highest BCUT2D eigenvalue weighted by molar-refractivity contribution is 7.09. The smallest absolute Gasteiger partial charge is 0.357 e. The largest absolute Gasteiger partial charge is 0.434 e. The van der Waals surface area contributed by atoms with E-state index in [0.717, 1.165) is 28.1 Å². The minimum absolute atomic E-state index is 0.380. The average Bonchev–Trinajstić information content (AvgIpc) is 3.38. The van der Waals surface area contributed by atoms with Gasteiger partial charge >= 0.3 is 6.18 Å². The van der Waals surface area contributed by atoms with E-state index in [0.29, 0.717) is 37.0 Å². The number of hydrogen-bond acceptors (Lipinski definition) is 5. The molecule has 0 saturated carbocycles. The Labute approximate surface area is 169 Å². The van der Waals surface area contributed by atoms with E-state index >= 15 is 0 Å². The highest BCUT2D eigenvalue weighted by Gasteiger charge is 2.33. The first kappa shape index (κ1) is 20.8. The molecule has 11 heteroatoms. The number of nitrogens with zero attached hydrogens (tertiary/aromatic N) is 5. The molecule has 0 bridgehead atoms. The predicted octanol–water partition coefficient (Wildman–Crippen LogP) is 3.04. The summed E-state index contributed by atoms with van der Waals surface area (Å²) in [6.45, 7) is 3.46. The van der Waals surface area contributed by atoms with Crippen molar-refractivity contribution < 1.29 is 13.2 Å². The molecular weight excluding hydrogens is 403 g/mol. The van der Waals surface area contributed by atoms with Gasteiger partial charge in [-0.15, -0.1) is 11.3 Å². The molecule has 3 heterocycles. The Bertz CT molecular complexity index is 935. The SMILES string of the molecule is CCNC(=NCc1ccnc(-n2ccnc2)c1)NCCc1nc(C(F)(F)F)cs1. The summed E-state index contributed by atoms with van der Waals surface area (Å²) < 4.78 is 39.7. The second-order valence-electron chi connectivity index (χ2n) is 5.99. The van der Waals surface area contributed by atoms with Crippen LogP contribution in [0, 0.1) is 0 Å². The summed E-state index contributed by atoms with van der Waals surface area (Å²) in [6, 6.07) is 3.80. The van der Waals surface area contributed by atoms with Crippen LogP contribution in [0.15, 0.2) is 47.4 Å². The van der Waals surface area contributed by atoms with Crippen molar-refractivity contribution in [3.05, 3.63) is 58.7 Å². The number of aromatic nitrogens is 4. The number of imidazole rings is 1. The van der Waals surface area contributed by atoms with Crippen LogP contribution < -0.4 is 10.6 Å². The molecule has 3 aromatic heterocycles. The Balaban J connectivity index is 1.57. The maximum absolute atomic E-state index is 12.6. The molecule has 0 unspecified atom stereocenters. The summed E-state index contributed by atoms with van der Waals surface area (Å²) in [5, 5.41) is 7.71. The quantitative estimate of drug-likeness (QED) is 0.451. The Hall–Kier alpha value is -2.95. The third kappa shape index (κ3) is 6.01. The third-order valence-corrected chi connectivity index (χ3v) is 4.72. The molecule has 154 valence electrons. The molecule has 0 aliphatic rings. The van der Waals surface area contributed by atoms with Gasteiger partial charge in [-0.3, -0.25) is 4.57 Å². The van der Waals surface area contributed by atoms with Gasteiger partial charge in [-0.1, -0.05) is 0 Å². The zero-order chi connectivity index (χ0) is 20.7. The van der Waals surface area contributed by atoms with Crippen molar-refractivity contribution >= 4 is 17.3 Å². The Kier molecular flexibility index (Phi) is 6.81. The molecule has 0 aliphatic carbocycles. The van der Waals surface area contributed by atoms with E-state index in [1.807, 2.05) is 25.3 Å². The molecule has 0 spiro atoms. The molecule has 0 aromatic carbocycles. The van der Waals surface area contributed by atoms with Crippen LogP contribution in [0.1, 0.15) is 23.2 Å². The molecule has 3 aromatic rings. The van der Waals surface area contributed by atoms with Gasteiger partial charge in [0, 0.05) is 43.5 Å². The van der Waals surface area contributed by atoms with E-state index in [1.54, 1.807) is 23.3 Å². The van der Waals surface area contributed by atoms with E-state index < -0.39 is 11.9 Å². The van der Waals surface area contributed by atoms with E-state index in [4.69, 9.17) is 0 Å². The van der Waals surface area contributed by atoms with Crippen LogP contribution in [-0.4, -0.2) is 38.6 Å². The lowest BCUT2D eigenvalue weighted by Gasteiger charge is -2.11. The van der Waals surface area contributed by atoms with Crippen LogP contribution in [0.2, 0.25) is 0 Å². The van der Waals surface area contributed by atoms with E-state index in [2.05, 4.69) is 30.6 Å². The molecule has 0 atom stereocenters. The molecule has 7 nitrogen and oxygen atoms in total. The lowest BCUT2D eigenvalue weighted by Crippen LogP contribution is -2.38. The van der Waals surface area contributed by atoms with E-state index in [9.17, 15) is 13.2 Å². The molecule has 0 fully saturated rings.